The predicted octanol–water partition coefficient (Wildman–Crippen LogP) is 4.83. The fourth-order valence-electron chi connectivity index (χ4n) is 2.98. The number of hydrogen-bond donors (Lipinski definition) is 1. The summed E-state index contributed by atoms with van der Waals surface area (Å²) < 4.78 is 33.6. The molecule has 4 rings (SSSR count). The minimum Gasteiger partial charge on any atom is -0.470 e. The predicted molar refractivity (Wildman–Crippen MR) is 120 cm³/mol. The quantitative estimate of drug-likeness (QED) is 0.453. The first kappa shape index (κ1) is 20.6. The minimum absolute atomic E-state index is 0.0454. The fourth-order valence-corrected chi connectivity index (χ4v) is 3.99. The first-order valence-electron chi connectivity index (χ1n) is 9.69. The van der Waals surface area contributed by atoms with E-state index in [1.54, 1.807) is 24.3 Å². The lowest BCUT2D eigenvalue weighted by molar-refractivity contribution is 0.294. The van der Waals surface area contributed by atoms with E-state index in [1.165, 1.54) is 12.4 Å². The Balaban J connectivity index is 1.47. The Hall–Kier alpha value is -3.71. The van der Waals surface area contributed by atoms with Gasteiger partial charge in [-0.2, -0.15) is 0 Å². The highest BCUT2D eigenvalue weighted by molar-refractivity contribution is 7.92. The maximum Gasteiger partial charge on any atom is 0.263 e. The fraction of sp³-hybridized carbons (Fsp3) is 0.0833. The minimum atomic E-state index is -3.80. The maximum absolute atomic E-state index is 12.7. The summed E-state index contributed by atoms with van der Waals surface area (Å²) in [4.78, 5) is 8.38. The molecule has 7 heteroatoms. The second kappa shape index (κ2) is 8.97. The highest BCUT2D eigenvalue weighted by Gasteiger charge is 2.18. The average molecular weight is 432 g/mol. The van der Waals surface area contributed by atoms with Crippen LogP contribution in [0.3, 0.4) is 0 Å². The number of aryl methyl sites for hydroxylation is 1. The summed E-state index contributed by atoms with van der Waals surface area (Å²) in [6.45, 7) is 2.12. The molecular weight excluding hydrogens is 410 g/mol. The zero-order chi connectivity index (χ0) is 21.7. The van der Waals surface area contributed by atoms with Crippen molar-refractivity contribution < 1.29 is 13.2 Å². The third kappa shape index (κ3) is 5.07. The Labute approximate surface area is 181 Å². The van der Waals surface area contributed by atoms with Gasteiger partial charge < -0.3 is 4.74 Å². The zero-order valence-corrected chi connectivity index (χ0v) is 17.7. The molecule has 0 aliphatic carbocycles. The van der Waals surface area contributed by atoms with Gasteiger partial charge >= 0.3 is 0 Å². The summed E-state index contributed by atoms with van der Waals surface area (Å²) in [5.74, 6) is 0.161. The van der Waals surface area contributed by atoms with Crippen LogP contribution in [0, 0.1) is 6.92 Å². The summed E-state index contributed by atoms with van der Waals surface area (Å²) in [6.07, 6.45) is 2.87. The molecule has 1 N–H and O–H groups in total. The van der Waals surface area contributed by atoms with E-state index in [0.717, 1.165) is 22.3 Å². The van der Waals surface area contributed by atoms with Gasteiger partial charge in [0.05, 0.1) is 4.90 Å². The van der Waals surface area contributed by atoms with Crippen LogP contribution < -0.4 is 9.46 Å². The molecule has 0 saturated carbocycles. The molecule has 0 fully saturated rings. The Kier molecular flexibility index (Phi) is 5.95. The highest BCUT2D eigenvalue weighted by atomic mass is 32.2. The van der Waals surface area contributed by atoms with Crippen molar-refractivity contribution in [1.29, 1.82) is 0 Å². The number of ether oxygens (including phenoxy) is 1. The molecule has 0 spiro atoms. The van der Waals surface area contributed by atoms with Gasteiger partial charge in [0.1, 0.15) is 6.61 Å². The number of rotatable bonds is 7. The molecule has 0 aliphatic rings. The van der Waals surface area contributed by atoms with Gasteiger partial charge in [-0.05, 0) is 35.7 Å². The monoisotopic (exact) mass is 431 g/mol. The van der Waals surface area contributed by atoms with Crippen LogP contribution in [0.25, 0.3) is 11.1 Å². The molecule has 0 unspecified atom stereocenters. The van der Waals surface area contributed by atoms with Crippen LogP contribution in [0.2, 0.25) is 0 Å². The molecule has 0 aliphatic heterocycles. The van der Waals surface area contributed by atoms with Gasteiger partial charge in [-0.15, -0.1) is 0 Å². The molecule has 3 aromatic carbocycles. The summed E-state index contributed by atoms with van der Waals surface area (Å²) in [5, 5.41) is 0. The van der Waals surface area contributed by atoms with Gasteiger partial charge in [0.2, 0.25) is 5.82 Å². The van der Waals surface area contributed by atoms with Crippen LogP contribution in [0.4, 0.5) is 5.82 Å². The van der Waals surface area contributed by atoms with E-state index in [4.69, 9.17) is 4.74 Å². The Morgan fingerprint density at radius 2 is 1.45 bits per heavy atom. The van der Waals surface area contributed by atoms with Crippen molar-refractivity contribution in [3.63, 3.8) is 0 Å². The number of nitrogens with zero attached hydrogens (tertiary/aromatic N) is 2. The van der Waals surface area contributed by atoms with E-state index < -0.39 is 10.0 Å². The van der Waals surface area contributed by atoms with E-state index in [2.05, 4.69) is 26.8 Å². The van der Waals surface area contributed by atoms with Crippen LogP contribution >= 0.6 is 0 Å². The van der Waals surface area contributed by atoms with Gasteiger partial charge in [-0.3, -0.25) is 4.72 Å². The summed E-state index contributed by atoms with van der Waals surface area (Å²) in [7, 11) is -3.80. The summed E-state index contributed by atoms with van der Waals surface area (Å²) in [6, 6.07) is 24.6. The lowest BCUT2D eigenvalue weighted by Gasteiger charge is -2.12. The number of nitrogens with one attached hydrogen (secondary N) is 1. The first-order chi connectivity index (χ1) is 15.0. The van der Waals surface area contributed by atoms with Crippen LogP contribution in [0.15, 0.2) is 96.2 Å². The molecule has 4 aromatic rings. The van der Waals surface area contributed by atoms with Gasteiger partial charge in [0.15, 0.2) is 0 Å². The smallest absolute Gasteiger partial charge is 0.263 e. The normalized spacial score (nSPS) is 11.1. The molecule has 0 amide bonds. The van der Waals surface area contributed by atoms with Gasteiger partial charge in [0.25, 0.3) is 15.9 Å². The van der Waals surface area contributed by atoms with Crippen molar-refractivity contribution in [2.75, 3.05) is 4.72 Å². The molecule has 0 radical (unpaired) electrons. The number of anilines is 1. The van der Waals surface area contributed by atoms with Crippen LogP contribution in [-0.4, -0.2) is 18.4 Å². The molecule has 1 heterocycles. The lowest BCUT2D eigenvalue weighted by atomic mass is 10.0. The number of sulfonamides is 1. The molecule has 0 atom stereocenters. The Morgan fingerprint density at radius 1 is 0.806 bits per heavy atom. The van der Waals surface area contributed by atoms with Crippen molar-refractivity contribution >= 4 is 15.8 Å². The number of hydrogen-bond acceptors (Lipinski definition) is 5. The van der Waals surface area contributed by atoms with E-state index in [9.17, 15) is 8.42 Å². The van der Waals surface area contributed by atoms with Crippen molar-refractivity contribution in [1.82, 2.24) is 9.97 Å². The van der Waals surface area contributed by atoms with Gasteiger partial charge in [-0.1, -0.05) is 72.3 Å². The molecule has 31 heavy (non-hydrogen) atoms. The maximum atomic E-state index is 12.7. The molecule has 0 bridgehead atoms. The van der Waals surface area contributed by atoms with E-state index in [1.807, 2.05) is 49.4 Å². The third-order valence-corrected chi connectivity index (χ3v) is 6.02. The molecule has 1 aromatic heterocycles. The second-order valence-electron chi connectivity index (χ2n) is 6.98. The van der Waals surface area contributed by atoms with Crippen LogP contribution in [0.1, 0.15) is 11.1 Å². The van der Waals surface area contributed by atoms with Crippen molar-refractivity contribution in [2.45, 2.75) is 18.4 Å². The number of benzene rings is 3. The largest absolute Gasteiger partial charge is 0.470 e. The molecular formula is C24H21N3O3S. The van der Waals surface area contributed by atoms with E-state index in [0.29, 0.717) is 0 Å². The summed E-state index contributed by atoms with van der Waals surface area (Å²) >= 11 is 0. The topological polar surface area (TPSA) is 81.2 Å². The van der Waals surface area contributed by atoms with Crippen molar-refractivity contribution in [3.05, 3.63) is 102 Å². The van der Waals surface area contributed by atoms with E-state index >= 15 is 0 Å². The highest BCUT2D eigenvalue weighted by Crippen LogP contribution is 2.24. The van der Waals surface area contributed by atoms with Gasteiger partial charge in [0, 0.05) is 12.4 Å². The molecule has 156 valence electrons. The average Bonchev–Trinajstić information content (AvgIpc) is 2.79. The first-order valence-corrected chi connectivity index (χ1v) is 11.2. The van der Waals surface area contributed by atoms with Crippen molar-refractivity contribution in [3.8, 4) is 17.0 Å². The van der Waals surface area contributed by atoms with Crippen LogP contribution in [0.5, 0.6) is 5.88 Å². The summed E-state index contributed by atoms with van der Waals surface area (Å²) in [5.41, 5.74) is 4.14. The van der Waals surface area contributed by atoms with E-state index in [-0.39, 0.29) is 23.2 Å². The van der Waals surface area contributed by atoms with Crippen LogP contribution in [-0.2, 0) is 16.6 Å². The van der Waals surface area contributed by atoms with Crippen molar-refractivity contribution in [2.24, 2.45) is 0 Å². The SMILES string of the molecule is Cc1ccc(S(=O)(=O)Nc2nccnc2OCc2ccc(-c3ccccc3)cc2)cc1. The molecule has 6 nitrogen and oxygen atoms in total. The number of aromatic nitrogens is 2. The standard InChI is InChI=1S/C24H21N3O3S/c1-18-7-13-22(14-8-18)31(28,29)27-23-24(26-16-15-25-23)30-17-19-9-11-21(12-10-19)20-5-3-2-4-6-20/h2-16H,17H2,1H3,(H,25,27). The molecule has 0 saturated heterocycles. The third-order valence-electron chi connectivity index (χ3n) is 4.66. The second-order valence-corrected chi connectivity index (χ2v) is 8.66. The zero-order valence-electron chi connectivity index (χ0n) is 16.9. The van der Waals surface area contributed by atoms with Gasteiger partial charge in [-0.25, -0.2) is 18.4 Å². The Morgan fingerprint density at radius 3 is 2.16 bits per heavy atom. The lowest BCUT2D eigenvalue weighted by Crippen LogP contribution is -2.15. The Bertz CT molecular complexity index is 1260.